The lowest BCUT2D eigenvalue weighted by atomic mass is 9.82. The molecule has 0 saturated heterocycles. The summed E-state index contributed by atoms with van der Waals surface area (Å²) in [5.41, 5.74) is 20.4. The molecule has 0 bridgehead atoms. The highest BCUT2D eigenvalue weighted by Gasteiger charge is 2.37. The van der Waals surface area contributed by atoms with Crippen molar-refractivity contribution < 1.29 is 0 Å². The first kappa shape index (κ1) is 30.4. The van der Waals surface area contributed by atoms with E-state index in [1.807, 2.05) is 0 Å². The van der Waals surface area contributed by atoms with Gasteiger partial charge in [0, 0.05) is 27.9 Å². The molecule has 9 rings (SSSR count). The molecule has 0 spiro atoms. The van der Waals surface area contributed by atoms with Gasteiger partial charge in [-0.05, 0) is 122 Å². The highest BCUT2D eigenvalue weighted by Crippen LogP contribution is 2.53. The first-order chi connectivity index (χ1) is 24.2. The van der Waals surface area contributed by atoms with Crippen molar-refractivity contribution in [3.05, 3.63) is 186 Å². The molecule has 2 aliphatic carbocycles. The summed E-state index contributed by atoms with van der Waals surface area (Å²) in [6.07, 6.45) is 0. The van der Waals surface area contributed by atoms with Crippen LogP contribution in [0.1, 0.15) is 55.5 Å². The van der Waals surface area contributed by atoms with E-state index >= 15 is 0 Å². The fraction of sp³-hybridized carbons (Fsp3) is 0.143. The molecule has 0 aromatic heterocycles. The quantitative estimate of drug-likeness (QED) is 0.180. The van der Waals surface area contributed by atoms with Crippen LogP contribution in [0.5, 0.6) is 0 Å². The summed E-state index contributed by atoms with van der Waals surface area (Å²) in [4.78, 5) is 2.48. The molecule has 7 aromatic carbocycles. The molecule has 0 saturated carbocycles. The highest BCUT2D eigenvalue weighted by atomic mass is 15.1. The van der Waals surface area contributed by atoms with Crippen LogP contribution in [0.15, 0.2) is 158 Å². The summed E-state index contributed by atoms with van der Waals surface area (Å²) < 4.78 is 0. The van der Waals surface area contributed by atoms with Gasteiger partial charge < -0.3 is 4.90 Å². The number of aryl methyl sites for hydroxylation is 1. The third kappa shape index (κ3) is 4.61. The van der Waals surface area contributed by atoms with E-state index in [0.717, 1.165) is 0 Å². The first-order valence-corrected chi connectivity index (χ1v) is 17.8. The molecule has 50 heavy (non-hydrogen) atoms. The van der Waals surface area contributed by atoms with Crippen LogP contribution in [0.4, 0.5) is 17.1 Å². The maximum absolute atomic E-state index is 2.48. The van der Waals surface area contributed by atoms with Gasteiger partial charge in [-0.3, -0.25) is 0 Å². The Kier molecular flexibility index (Phi) is 6.80. The zero-order valence-corrected chi connectivity index (χ0v) is 29.5. The number of hydrogen-bond acceptors (Lipinski definition) is 1. The molecule has 242 valence electrons. The molecule has 7 aromatic rings. The minimum Gasteiger partial charge on any atom is -0.310 e. The number of benzene rings is 7. The molecule has 0 amide bonds. The van der Waals surface area contributed by atoms with Crippen LogP contribution >= 0.6 is 0 Å². The van der Waals surface area contributed by atoms with Crippen molar-refractivity contribution in [2.75, 3.05) is 4.90 Å². The Morgan fingerprint density at radius 2 is 0.820 bits per heavy atom. The molecule has 0 heterocycles. The summed E-state index contributed by atoms with van der Waals surface area (Å²) in [6, 6.07) is 58.5. The lowest BCUT2D eigenvalue weighted by molar-refractivity contribution is 0.660. The van der Waals surface area contributed by atoms with E-state index in [9.17, 15) is 0 Å². The van der Waals surface area contributed by atoms with Gasteiger partial charge in [0.05, 0.1) is 0 Å². The normalized spacial score (nSPS) is 14.4. The zero-order chi connectivity index (χ0) is 34.2. The second-order valence-corrected chi connectivity index (χ2v) is 15.1. The van der Waals surface area contributed by atoms with E-state index in [4.69, 9.17) is 0 Å². The molecule has 0 N–H and O–H groups in total. The summed E-state index contributed by atoms with van der Waals surface area (Å²) in [6.45, 7) is 11.7. The summed E-state index contributed by atoms with van der Waals surface area (Å²) in [7, 11) is 0. The molecule has 1 nitrogen and oxygen atoms in total. The van der Waals surface area contributed by atoms with Gasteiger partial charge in [0.1, 0.15) is 0 Å². The molecular formula is C49H41N. The van der Waals surface area contributed by atoms with Crippen molar-refractivity contribution in [3.63, 3.8) is 0 Å². The van der Waals surface area contributed by atoms with E-state index in [1.54, 1.807) is 0 Å². The molecule has 0 atom stereocenters. The van der Waals surface area contributed by atoms with Crippen LogP contribution < -0.4 is 4.90 Å². The molecular weight excluding hydrogens is 603 g/mol. The SMILES string of the molecule is Cc1cc(-c2cccc(-c3ccccc3)c2)ccc1N(c1ccc2c(c1)C(C)(C)c1ccccc1-2)c1ccc2c(c1)C(C)(C)c1ccccc1-2. The average Bonchev–Trinajstić information content (AvgIpc) is 3.52. The van der Waals surface area contributed by atoms with Gasteiger partial charge in [-0.1, -0.05) is 143 Å². The van der Waals surface area contributed by atoms with Crippen molar-refractivity contribution >= 4 is 17.1 Å². The monoisotopic (exact) mass is 643 g/mol. The molecule has 0 radical (unpaired) electrons. The van der Waals surface area contributed by atoms with Gasteiger partial charge in [-0.25, -0.2) is 0 Å². The Hall–Kier alpha value is -5.66. The lowest BCUT2D eigenvalue weighted by Crippen LogP contribution is -2.18. The van der Waals surface area contributed by atoms with Crippen LogP contribution in [-0.2, 0) is 10.8 Å². The van der Waals surface area contributed by atoms with E-state index in [-0.39, 0.29) is 10.8 Å². The maximum Gasteiger partial charge on any atom is 0.0491 e. The number of hydrogen-bond donors (Lipinski definition) is 0. The minimum atomic E-state index is -0.0855. The smallest absolute Gasteiger partial charge is 0.0491 e. The van der Waals surface area contributed by atoms with E-state index in [2.05, 4.69) is 197 Å². The number of nitrogens with zero attached hydrogens (tertiary/aromatic N) is 1. The minimum absolute atomic E-state index is 0.0855. The van der Waals surface area contributed by atoms with E-state index in [0.29, 0.717) is 0 Å². The standard InChI is InChI=1S/C49H41N/c1-32-28-36(35-17-13-16-34(29-35)33-14-7-6-8-15-33)22-27-47(32)50(37-23-25-41-39-18-9-11-20-43(39)48(2,3)45(41)30-37)38-24-26-42-40-19-10-12-21-44(40)49(4,5)46(42)31-38/h6-31H,1-5H3. The second kappa shape index (κ2) is 11.2. The average molecular weight is 644 g/mol. The predicted molar refractivity (Wildman–Crippen MR) is 212 cm³/mol. The van der Waals surface area contributed by atoms with Crippen molar-refractivity contribution in [1.82, 2.24) is 0 Å². The molecule has 1 heteroatoms. The second-order valence-electron chi connectivity index (χ2n) is 15.1. The largest absolute Gasteiger partial charge is 0.310 e. The van der Waals surface area contributed by atoms with Crippen LogP contribution in [0.3, 0.4) is 0 Å². The van der Waals surface area contributed by atoms with Gasteiger partial charge in [0.2, 0.25) is 0 Å². The Labute approximate surface area is 296 Å². The third-order valence-electron chi connectivity index (χ3n) is 11.4. The van der Waals surface area contributed by atoms with E-state index < -0.39 is 0 Å². The number of rotatable bonds is 5. The van der Waals surface area contributed by atoms with Gasteiger partial charge in [-0.2, -0.15) is 0 Å². The summed E-state index contributed by atoms with van der Waals surface area (Å²) in [5.74, 6) is 0. The highest BCUT2D eigenvalue weighted by molar-refractivity contribution is 5.89. The maximum atomic E-state index is 2.48. The summed E-state index contributed by atoms with van der Waals surface area (Å²) >= 11 is 0. The lowest BCUT2D eigenvalue weighted by Gasteiger charge is -2.31. The Balaban J connectivity index is 1.20. The van der Waals surface area contributed by atoms with Crippen molar-refractivity contribution in [2.45, 2.75) is 45.4 Å². The summed E-state index contributed by atoms with van der Waals surface area (Å²) in [5, 5.41) is 0. The molecule has 0 fully saturated rings. The Bertz CT molecular complexity index is 2340. The van der Waals surface area contributed by atoms with Gasteiger partial charge in [0.25, 0.3) is 0 Å². The van der Waals surface area contributed by atoms with Crippen LogP contribution in [-0.4, -0.2) is 0 Å². The molecule has 2 aliphatic rings. The molecule has 0 unspecified atom stereocenters. The fourth-order valence-electron chi connectivity index (χ4n) is 8.68. The van der Waals surface area contributed by atoms with Crippen LogP contribution in [0.2, 0.25) is 0 Å². The Morgan fingerprint density at radius 3 is 1.38 bits per heavy atom. The predicted octanol–water partition coefficient (Wildman–Crippen LogP) is 13.4. The van der Waals surface area contributed by atoms with Gasteiger partial charge >= 0.3 is 0 Å². The third-order valence-corrected chi connectivity index (χ3v) is 11.4. The van der Waals surface area contributed by atoms with Crippen molar-refractivity contribution in [3.8, 4) is 44.5 Å². The van der Waals surface area contributed by atoms with Gasteiger partial charge in [0.15, 0.2) is 0 Å². The van der Waals surface area contributed by atoms with Crippen molar-refractivity contribution in [1.29, 1.82) is 0 Å². The fourth-order valence-corrected chi connectivity index (χ4v) is 8.68. The Morgan fingerprint density at radius 1 is 0.360 bits per heavy atom. The first-order valence-electron chi connectivity index (χ1n) is 17.8. The number of fused-ring (bicyclic) bond motifs is 6. The number of anilines is 3. The van der Waals surface area contributed by atoms with E-state index in [1.165, 1.54) is 89.4 Å². The topological polar surface area (TPSA) is 3.24 Å². The van der Waals surface area contributed by atoms with Crippen LogP contribution in [0.25, 0.3) is 44.5 Å². The molecule has 0 aliphatic heterocycles. The zero-order valence-electron chi connectivity index (χ0n) is 29.5. The van der Waals surface area contributed by atoms with Crippen LogP contribution in [0, 0.1) is 6.92 Å². The van der Waals surface area contributed by atoms with Gasteiger partial charge in [-0.15, -0.1) is 0 Å². The van der Waals surface area contributed by atoms with Crippen molar-refractivity contribution in [2.24, 2.45) is 0 Å².